The van der Waals surface area contributed by atoms with E-state index in [1.165, 1.54) is 12.0 Å². The number of benzene rings is 1. The molecule has 6 nitrogen and oxygen atoms in total. The minimum Gasteiger partial charge on any atom is -0.496 e. The second kappa shape index (κ2) is 5.92. The van der Waals surface area contributed by atoms with Crippen LogP contribution in [0.3, 0.4) is 0 Å². The lowest BCUT2D eigenvalue weighted by Gasteiger charge is -2.31. The number of carbonyl (C=O) groups is 2. The lowest BCUT2D eigenvalue weighted by atomic mass is 10.1. The maximum absolute atomic E-state index is 12.6. The number of methoxy groups -OCH3 is 1. The van der Waals surface area contributed by atoms with Gasteiger partial charge in [0.15, 0.2) is 6.10 Å². The number of hydrogen-bond acceptors (Lipinski definition) is 4. The topological polar surface area (TPSA) is 76.1 Å². The average molecular weight is 279 g/mol. The third-order valence-corrected chi connectivity index (χ3v) is 3.30. The summed E-state index contributed by atoms with van der Waals surface area (Å²) < 4.78 is 10.3. The molecule has 2 rings (SSSR count). The molecule has 1 heterocycles. The minimum atomic E-state index is -1.06. The van der Waals surface area contributed by atoms with Gasteiger partial charge in [-0.2, -0.15) is 0 Å². The maximum Gasteiger partial charge on any atom is 0.334 e. The van der Waals surface area contributed by atoms with Crippen molar-refractivity contribution in [2.45, 2.75) is 13.0 Å². The molecule has 1 atom stereocenters. The summed E-state index contributed by atoms with van der Waals surface area (Å²) in [6.45, 7) is 2.47. The van der Waals surface area contributed by atoms with Crippen LogP contribution in [0.4, 0.5) is 0 Å². The third-order valence-electron chi connectivity index (χ3n) is 3.30. The maximum atomic E-state index is 12.6. The van der Waals surface area contributed by atoms with Gasteiger partial charge in [-0.1, -0.05) is 12.1 Å². The van der Waals surface area contributed by atoms with Crippen molar-refractivity contribution in [3.05, 3.63) is 29.3 Å². The van der Waals surface area contributed by atoms with Gasteiger partial charge >= 0.3 is 5.97 Å². The first-order valence-electron chi connectivity index (χ1n) is 6.32. The second-order valence-electron chi connectivity index (χ2n) is 4.60. The molecule has 108 valence electrons. The largest absolute Gasteiger partial charge is 0.496 e. The first-order valence-corrected chi connectivity index (χ1v) is 6.32. The fraction of sp³-hybridized carbons (Fsp3) is 0.429. The van der Waals surface area contributed by atoms with Crippen LogP contribution < -0.4 is 4.74 Å². The summed E-state index contributed by atoms with van der Waals surface area (Å²) >= 11 is 0. The number of nitrogens with zero attached hydrogens (tertiary/aromatic N) is 1. The molecule has 0 saturated carbocycles. The number of morpholine rings is 1. The van der Waals surface area contributed by atoms with Crippen molar-refractivity contribution >= 4 is 11.9 Å². The Balaban J connectivity index is 2.25. The quantitative estimate of drug-likeness (QED) is 0.890. The van der Waals surface area contributed by atoms with Crippen molar-refractivity contribution in [1.29, 1.82) is 0 Å². The predicted octanol–water partition coefficient (Wildman–Crippen LogP) is 0.929. The Labute approximate surface area is 116 Å². The Morgan fingerprint density at radius 2 is 2.20 bits per heavy atom. The van der Waals surface area contributed by atoms with Crippen LogP contribution in [0.5, 0.6) is 5.75 Å². The van der Waals surface area contributed by atoms with Crippen molar-refractivity contribution in [2.24, 2.45) is 0 Å². The molecule has 1 amide bonds. The lowest BCUT2D eigenvalue weighted by molar-refractivity contribution is -0.154. The second-order valence-corrected chi connectivity index (χ2v) is 4.60. The Kier molecular flexibility index (Phi) is 4.24. The zero-order valence-corrected chi connectivity index (χ0v) is 11.5. The van der Waals surface area contributed by atoms with Crippen molar-refractivity contribution < 1.29 is 24.2 Å². The fourth-order valence-electron chi connectivity index (χ4n) is 2.23. The van der Waals surface area contributed by atoms with E-state index in [1.54, 1.807) is 6.07 Å². The monoisotopic (exact) mass is 279 g/mol. The van der Waals surface area contributed by atoms with E-state index in [4.69, 9.17) is 14.6 Å². The van der Waals surface area contributed by atoms with Crippen LogP contribution in [0.1, 0.15) is 15.9 Å². The van der Waals surface area contributed by atoms with Crippen molar-refractivity contribution in [3.8, 4) is 5.75 Å². The number of carboxylic acid groups (broad SMARTS) is 1. The van der Waals surface area contributed by atoms with Crippen LogP contribution >= 0.6 is 0 Å². The van der Waals surface area contributed by atoms with Crippen LogP contribution in [0.2, 0.25) is 0 Å². The number of hydrogen-bond donors (Lipinski definition) is 1. The van der Waals surface area contributed by atoms with Gasteiger partial charge in [-0.15, -0.1) is 0 Å². The molecule has 1 fully saturated rings. The fourth-order valence-corrected chi connectivity index (χ4v) is 2.23. The number of carboxylic acids is 1. The minimum absolute atomic E-state index is 0.0473. The van der Waals surface area contributed by atoms with Crippen LogP contribution in [-0.2, 0) is 9.53 Å². The smallest absolute Gasteiger partial charge is 0.334 e. The first-order chi connectivity index (χ1) is 9.54. The molecular formula is C14H17NO5. The summed E-state index contributed by atoms with van der Waals surface area (Å²) in [5, 5.41) is 8.98. The number of rotatable bonds is 3. The van der Waals surface area contributed by atoms with Gasteiger partial charge in [0.2, 0.25) is 0 Å². The first kappa shape index (κ1) is 14.3. The molecule has 6 heteroatoms. The highest BCUT2D eigenvalue weighted by Gasteiger charge is 2.31. The summed E-state index contributed by atoms with van der Waals surface area (Å²) in [5.41, 5.74) is 1.27. The summed E-state index contributed by atoms with van der Waals surface area (Å²) in [5.74, 6) is -0.790. The molecule has 1 unspecified atom stereocenters. The van der Waals surface area contributed by atoms with E-state index < -0.39 is 12.1 Å². The SMILES string of the molecule is COc1cccc(C)c1C(=O)N1CCOC(C(=O)O)C1. The number of aryl methyl sites for hydroxylation is 1. The normalized spacial score (nSPS) is 18.7. The van der Waals surface area contributed by atoms with Crippen LogP contribution in [0.25, 0.3) is 0 Å². The number of amides is 1. The zero-order valence-electron chi connectivity index (χ0n) is 11.5. The van der Waals surface area contributed by atoms with E-state index in [1.807, 2.05) is 19.1 Å². The van der Waals surface area contributed by atoms with Gasteiger partial charge in [0.25, 0.3) is 5.91 Å². The van der Waals surface area contributed by atoms with Crippen LogP contribution in [-0.4, -0.2) is 54.8 Å². The van der Waals surface area contributed by atoms with Crippen molar-refractivity contribution in [2.75, 3.05) is 26.8 Å². The number of carbonyl (C=O) groups excluding carboxylic acids is 1. The van der Waals surface area contributed by atoms with Gasteiger partial charge in [0.1, 0.15) is 5.75 Å². The molecule has 0 bridgehead atoms. The molecule has 1 saturated heterocycles. The van der Waals surface area contributed by atoms with E-state index in [0.717, 1.165) is 5.56 Å². The Bertz CT molecular complexity index is 528. The number of aliphatic carboxylic acids is 1. The molecule has 0 aromatic heterocycles. The van der Waals surface area contributed by atoms with E-state index in [-0.39, 0.29) is 19.1 Å². The van der Waals surface area contributed by atoms with Crippen LogP contribution in [0.15, 0.2) is 18.2 Å². The summed E-state index contributed by atoms with van der Waals surface area (Å²) in [6, 6.07) is 5.35. The van der Waals surface area contributed by atoms with Gasteiger partial charge in [0, 0.05) is 6.54 Å². The molecule has 1 aliphatic heterocycles. The molecule has 1 aliphatic rings. The standard InChI is InChI=1S/C14H17NO5/c1-9-4-3-5-10(19-2)12(9)13(16)15-6-7-20-11(8-15)14(17)18/h3-5,11H,6-8H2,1-2H3,(H,17,18). The highest BCUT2D eigenvalue weighted by molar-refractivity contribution is 5.98. The molecule has 20 heavy (non-hydrogen) atoms. The van der Waals surface area contributed by atoms with Gasteiger partial charge < -0.3 is 19.5 Å². The van der Waals surface area contributed by atoms with Gasteiger partial charge in [-0.25, -0.2) is 4.79 Å². The Hall–Kier alpha value is -2.08. The van der Waals surface area contributed by atoms with Gasteiger partial charge in [-0.3, -0.25) is 4.79 Å². The zero-order chi connectivity index (χ0) is 14.7. The highest BCUT2D eigenvalue weighted by Crippen LogP contribution is 2.24. The van der Waals surface area contributed by atoms with Crippen molar-refractivity contribution in [3.63, 3.8) is 0 Å². The van der Waals surface area contributed by atoms with Gasteiger partial charge in [-0.05, 0) is 18.6 Å². The van der Waals surface area contributed by atoms with E-state index in [0.29, 0.717) is 17.9 Å². The molecule has 0 radical (unpaired) electrons. The molecule has 1 aromatic carbocycles. The van der Waals surface area contributed by atoms with Gasteiger partial charge in [0.05, 0.1) is 25.8 Å². The summed E-state index contributed by atoms with van der Waals surface area (Å²) in [4.78, 5) is 25.0. The molecular weight excluding hydrogens is 262 g/mol. The van der Waals surface area contributed by atoms with E-state index in [2.05, 4.69) is 0 Å². The molecule has 0 spiro atoms. The third kappa shape index (κ3) is 2.75. The van der Waals surface area contributed by atoms with E-state index >= 15 is 0 Å². The molecule has 1 aromatic rings. The predicted molar refractivity (Wildman–Crippen MR) is 71.0 cm³/mol. The van der Waals surface area contributed by atoms with Crippen LogP contribution in [0, 0.1) is 6.92 Å². The Morgan fingerprint density at radius 1 is 1.45 bits per heavy atom. The Morgan fingerprint density at radius 3 is 2.85 bits per heavy atom. The summed E-state index contributed by atoms with van der Waals surface area (Å²) in [6.07, 6.45) is -0.970. The molecule has 0 aliphatic carbocycles. The lowest BCUT2D eigenvalue weighted by Crippen LogP contribution is -2.48. The average Bonchev–Trinajstić information content (AvgIpc) is 2.46. The number of ether oxygens (including phenoxy) is 2. The van der Waals surface area contributed by atoms with E-state index in [9.17, 15) is 9.59 Å². The molecule has 1 N–H and O–H groups in total. The summed E-state index contributed by atoms with van der Waals surface area (Å²) in [7, 11) is 1.50. The van der Waals surface area contributed by atoms with Crippen molar-refractivity contribution in [1.82, 2.24) is 4.90 Å². The highest BCUT2D eigenvalue weighted by atomic mass is 16.5.